The zero-order valence-electron chi connectivity index (χ0n) is 11.5. The fourth-order valence-electron chi connectivity index (χ4n) is 2.82. The van der Waals surface area contributed by atoms with Crippen LogP contribution in [0, 0.1) is 12.8 Å². The van der Waals surface area contributed by atoms with Gasteiger partial charge in [0.05, 0.1) is 12.3 Å². The molecule has 5 heteroatoms. The minimum Gasteiger partial charge on any atom is -0.393 e. The average Bonchev–Trinajstić information content (AvgIpc) is 3.02. The molecule has 2 atom stereocenters. The number of aliphatic hydroxyl groups excluding tert-OH is 1. The molecule has 1 aliphatic carbocycles. The van der Waals surface area contributed by atoms with E-state index in [1.165, 1.54) is 0 Å². The van der Waals surface area contributed by atoms with Crippen molar-refractivity contribution in [1.29, 1.82) is 0 Å². The van der Waals surface area contributed by atoms with Gasteiger partial charge in [-0.1, -0.05) is 12.5 Å². The van der Waals surface area contributed by atoms with Crippen LogP contribution in [0.25, 0.3) is 5.65 Å². The van der Waals surface area contributed by atoms with E-state index in [1.807, 2.05) is 25.3 Å². The van der Waals surface area contributed by atoms with Crippen molar-refractivity contribution < 1.29 is 9.90 Å². The predicted molar refractivity (Wildman–Crippen MR) is 75.6 cm³/mol. The lowest BCUT2D eigenvalue weighted by Crippen LogP contribution is -2.33. The summed E-state index contributed by atoms with van der Waals surface area (Å²) in [6.07, 6.45) is 6.08. The smallest absolute Gasteiger partial charge is 0.269 e. The van der Waals surface area contributed by atoms with Gasteiger partial charge in [0, 0.05) is 18.7 Å². The number of imidazole rings is 1. The summed E-state index contributed by atoms with van der Waals surface area (Å²) in [5, 5.41) is 12.7. The van der Waals surface area contributed by atoms with Crippen molar-refractivity contribution in [2.75, 3.05) is 6.54 Å². The highest BCUT2D eigenvalue weighted by atomic mass is 16.3. The summed E-state index contributed by atoms with van der Waals surface area (Å²) in [6.45, 7) is 2.51. The zero-order valence-corrected chi connectivity index (χ0v) is 11.5. The van der Waals surface area contributed by atoms with E-state index in [4.69, 9.17) is 0 Å². The van der Waals surface area contributed by atoms with Crippen LogP contribution in [0.5, 0.6) is 0 Å². The van der Waals surface area contributed by atoms with Gasteiger partial charge in [0.15, 0.2) is 0 Å². The van der Waals surface area contributed by atoms with E-state index in [9.17, 15) is 9.90 Å². The Labute approximate surface area is 117 Å². The Morgan fingerprint density at radius 3 is 3.10 bits per heavy atom. The lowest BCUT2D eigenvalue weighted by molar-refractivity contribution is 0.0911. The number of carbonyl (C=O) groups excluding carboxylic acids is 1. The average molecular weight is 273 g/mol. The van der Waals surface area contributed by atoms with Gasteiger partial charge in [-0.15, -0.1) is 0 Å². The third kappa shape index (κ3) is 2.41. The van der Waals surface area contributed by atoms with Gasteiger partial charge in [-0.3, -0.25) is 9.20 Å². The maximum Gasteiger partial charge on any atom is 0.269 e. The van der Waals surface area contributed by atoms with E-state index in [2.05, 4.69) is 10.3 Å². The van der Waals surface area contributed by atoms with Crippen LogP contribution in [0.4, 0.5) is 0 Å². The summed E-state index contributed by atoms with van der Waals surface area (Å²) in [5.74, 6) is 0.0436. The molecule has 5 nitrogen and oxygen atoms in total. The van der Waals surface area contributed by atoms with Crippen molar-refractivity contribution in [2.45, 2.75) is 32.3 Å². The minimum atomic E-state index is -0.278. The number of carbonyl (C=O) groups is 1. The fourth-order valence-corrected chi connectivity index (χ4v) is 2.82. The Morgan fingerprint density at radius 2 is 2.35 bits per heavy atom. The summed E-state index contributed by atoms with van der Waals surface area (Å²) in [7, 11) is 0. The summed E-state index contributed by atoms with van der Waals surface area (Å²) in [5.41, 5.74) is 2.38. The molecule has 2 aromatic rings. The molecule has 0 bridgehead atoms. The van der Waals surface area contributed by atoms with Crippen molar-refractivity contribution in [3.63, 3.8) is 0 Å². The van der Waals surface area contributed by atoms with E-state index in [-0.39, 0.29) is 17.9 Å². The van der Waals surface area contributed by atoms with Gasteiger partial charge in [-0.25, -0.2) is 4.98 Å². The molecular weight excluding hydrogens is 254 g/mol. The number of aryl methyl sites for hydroxylation is 1. The van der Waals surface area contributed by atoms with Crippen molar-refractivity contribution in [2.24, 2.45) is 5.92 Å². The topological polar surface area (TPSA) is 66.6 Å². The molecule has 1 aliphatic rings. The molecule has 1 fully saturated rings. The van der Waals surface area contributed by atoms with Crippen molar-refractivity contribution in [3.05, 3.63) is 35.8 Å². The third-order valence-electron chi connectivity index (χ3n) is 4.03. The number of pyridine rings is 1. The quantitative estimate of drug-likeness (QED) is 0.891. The Morgan fingerprint density at radius 1 is 1.50 bits per heavy atom. The Balaban J connectivity index is 1.74. The van der Waals surface area contributed by atoms with Gasteiger partial charge in [0.2, 0.25) is 0 Å². The van der Waals surface area contributed by atoms with Crippen LogP contribution in [-0.2, 0) is 0 Å². The highest BCUT2D eigenvalue weighted by molar-refractivity contribution is 5.93. The summed E-state index contributed by atoms with van der Waals surface area (Å²) in [6, 6.07) is 3.87. The van der Waals surface area contributed by atoms with Crippen LogP contribution in [0.1, 0.15) is 35.3 Å². The van der Waals surface area contributed by atoms with Crippen LogP contribution >= 0.6 is 0 Å². The lowest BCUT2D eigenvalue weighted by Gasteiger charge is -2.14. The number of aromatic nitrogens is 2. The first-order valence-electron chi connectivity index (χ1n) is 7.05. The summed E-state index contributed by atoms with van der Waals surface area (Å²) >= 11 is 0. The molecule has 3 rings (SSSR count). The molecule has 0 aromatic carbocycles. The zero-order chi connectivity index (χ0) is 14.1. The monoisotopic (exact) mass is 273 g/mol. The molecule has 1 saturated carbocycles. The minimum absolute atomic E-state index is 0.137. The number of nitrogens with zero attached hydrogens (tertiary/aromatic N) is 2. The van der Waals surface area contributed by atoms with Crippen molar-refractivity contribution in [3.8, 4) is 0 Å². The highest BCUT2D eigenvalue weighted by Gasteiger charge is 2.25. The van der Waals surface area contributed by atoms with Crippen molar-refractivity contribution in [1.82, 2.24) is 14.7 Å². The summed E-state index contributed by atoms with van der Waals surface area (Å²) < 4.78 is 1.80. The van der Waals surface area contributed by atoms with Crippen LogP contribution in [0.15, 0.2) is 24.5 Å². The van der Waals surface area contributed by atoms with Crippen LogP contribution in [-0.4, -0.2) is 33.0 Å². The molecular formula is C15H19N3O2. The Kier molecular flexibility index (Phi) is 3.44. The van der Waals surface area contributed by atoms with E-state index >= 15 is 0 Å². The molecule has 20 heavy (non-hydrogen) atoms. The molecule has 0 saturated heterocycles. The van der Waals surface area contributed by atoms with Gasteiger partial charge in [0.1, 0.15) is 11.3 Å². The first-order valence-corrected chi connectivity index (χ1v) is 7.05. The molecule has 1 amide bonds. The molecule has 2 aromatic heterocycles. The van der Waals surface area contributed by atoms with Gasteiger partial charge in [-0.2, -0.15) is 0 Å². The molecule has 106 valence electrons. The maximum atomic E-state index is 12.2. The van der Waals surface area contributed by atoms with Crippen molar-refractivity contribution >= 4 is 11.6 Å². The fraction of sp³-hybridized carbons (Fsp3) is 0.467. The molecule has 0 radical (unpaired) electrons. The van der Waals surface area contributed by atoms with E-state index < -0.39 is 0 Å². The number of nitrogens with one attached hydrogen (secondary N) is 1. The van der Waals surface area contributed by atoms with Gasteiger partial charge in [-0.05, 0) is 31.4 Å². The second-order valence-electron chi connectivity index (χ2n) is 5.55. The van der Waals surface area contributed by atoms with Gasteiger partial charge >= 0.3 is 0 Å². The van der Waals surface area contributed by atoms with Gasteiger partial charge < -0.3 is 10.4 Å². The number of fused-ring (bicyclic) bond motifs is 1. The summed E-state index contributed by atoms with van der Waals surface area (Å²) in [4.78, 5) is 16.5. The van der Waals surface area contributed by atoms with Gasteiger partial charge in [0.25, 0.3) is 5.91 Å². The first kappa shape index (κ1) is 13.1. The number of aliphatic hydroxyl groups is 1. The SMILES string of the molecule is Cc1ccc2ncc(C(=O)NCC3CCCC3O)n2c1. The maximum absolute atomic E-state index is 12.2. The standard InChI is InChI=1S/C15H19N3O2/c1-10-5-6-14-16-8-12(18(14)9-10)15(20)17-7-11-3-2-4-13(11)19/h5-6,8-9,11,13,19H,2-4,7H2,1H3,(H,17,20). The third-order valence-corrected chi connectivity index (χ3v) is 4.03. The lowest BCUT2D eigenvalue weighted by atomic mass is 10.1. The molecule has 0 spiro atoms. The van der Waals surface area contributed by atoms with Crippen LogP contribution < -0.4 is 5.32 Å². The number of rotatable bonds is 3. The van der Waals surface area contributed by atoms with E-state index in [1.54, 1.807) is 10.6 Å². The molecule has 2 unspecified atom stereocenters. The second kappa shape index (κ2) is 5.25. The number of amides is 1. The predicted octanol–water partition coefficient (Wildman–Crippen LogP) is 1.53. The Bertz CT molecular complexity index is 635. The molecule has 2 N–H and O–H groups in total. The van der Waals surface area contributed by atoms with Crippen LogP contribution in [0.2, 0.25) is 0 Å². The number of hydrogen-bond acceptors (Lipinski definition) is 3. The normalized spacial score (nSPS) is 22.3. The highest BCUT2D eigenvalue weighted by Crippen LogP contribution is 2.24. The van der Waals surface area contributed by atoms with E-state index in [0.29, 0.717) is 12.2 Å². The largest absolute Gasteiger partial charge is 0.393 e. The first-order chi connectivity index (χ1) is 9.65. The second-order valence-corrected chi connectivity index (χ2v) is 5.55. The Hall–Kier alpha value is -1.88. The van der Waals surface area contributed by atoms with E-state index in [0.717, 1.165) is 30.5 Å². The van der Waals surface area contributed by atoms with Crippen LogP contribution in [0.3, 0.4) is 0 Å². The number of hydrogen-bond donors (Lipinski definition) is 2. The molecule has 2 heterocycles. The molecule has 0 aliphatic heterocycles.